The van der Waals surface area contributed by atoms with Crippen LogP contribution in [0.2, 0.25) is 0 Å². The molecule has 1 N–H and O–H groups in total. The van der Waals surface area contributed by atoms with Gasteiger partial charge >= 0.3 is 0 Å². The standard InChI is InChI=1S/C12H17BrN4/c1-4-8(2)9(3)14-12-15-11-10(13)6-5-7-17(11)16-12/h5-9H,4H2,1-3H3,(H,14,16). The normalized spacial score (nSPS) is 14.8. The lowest BCUT2D eigenvalue weighted by atomic mass is 10.0. The Kier molecular flexibility index (Phi) is 3.66. The molecule has 2 unspecified atom stereocenters. The Labute approximate surface area is 110 Å². The van der Waals surface area contributed by atoms with Crippen molar-refractivity contribution in [2.75, 3.05) is 5.32 Å². The lowest BCUT2D eigenvalue weighted by Crippen LogP contribution is -2.23. The zero-order chi connectivity index (χ0) is 12.4. The van der Waals surface area contributed by atoms with Gasteiger partial charge in [0.15, 0.2) is 5.65 Å². The molecule has 0 aliphatic carbocycles. The number of hydrogen-bond donors (Lipinski definition) is 1. The van der Waals surface area contributed by atoms with E-state index in [4.69, 9.17) is 0 Å². The molecular weight excluding hydrogens is 280 g/mol. The Morgan fingerprint density at radius 1 is 1.47 bits per heavy atom. The van der Waals surface area contributed by atoms with Crippen molar-refractivity contribution >= 4 is 27.5 Å². The molecular formula is C12H17BrN4. The van der Waals surface area contributed by atoms with E-state index in [0.29, 0.717) is 17.9 Å². The summed E-state index contributed by atoms with van der Waals surface area (Å²) < 4.78 is 2.73. The average molecular weight is 297 g/mol. The van der Waals surface area contributed by atoms with E-state index in [1.807, 2.05) is 18.3 Å². The topological polar surface area (TPSA) is 42.2 Å². The Hall–Kier alpha value is -1.10. The van der Waals surface area contributed by atoms with Gasteiger partial charge in [-0.05, 0) is 40.9 Å². The second-order valence-electron chi connectivity index (χ2n) is 4.38. The van der Waals surface area contributed by atoms with Crippen LogP contribution >= 0.6 is 15.9 Å². The Bertz CT molecular complexity index is 508. The van der Waals surface area contributed by atoms with Crippen LogP contribution in [-0.2, 0) is 0 Å². The van der Waals surface area contributed by atoms with Gasteiger partial charge in [-0.25, -0.2) is 4.52 Å². The van der Waals surface area contributed by atoms with Crippen LogP contribution in [0.25, 0.3) is 5.65 Å². The van der Waals surface area contributed by atoms with E-state index in [2.05, 4.69) is 52.1 Å². The van der Waals surface area contributed by atoms with Gasteiger partial charge in [-0.1, -0.05) is 20.3 Å². The SMILES string of the molecule is CCC(C)C(C)Nc1nc2c(Br)cccn2n1. The molecule has 0 aliphatic rings. The van der Waals surface area contributed by atoms with Crippen molar-refractivity contribution < 1.29 is 0 Å². The number of pyridine rings is 1. The minimum absolute atomic E-state index is 0.371. The molecule has 2 aromatic heterocycles. The molecule has 0 saturated carbocycles. The van der Waals surface area contributed by atoms with Gasteiger partial charge in [-0.3, -0.25) is 0 Å². The Balaban J connectivity index is 2.23. The maximum atomic E-state index is 4.46. The summed E-state index contributed by atoms with van der Waals surface area (Å²) in [6, 6.07) is 4.27. The molecule has 0 aliphatic heterocycles. The third-order valence-corrected chi connectivity index (χ3v) is 3.79. The Morgan fingerprint density at radius 3 is 2.88 bits per heavy atom. The molecule has 17 heavy (non-hydrogen) atoms. The van der Waals surface area contributed by atoms with Crippen molar-refractivity contribution in [2.45, 2.75) is 33.2 Å². The number of halogens is 1. The molecule has 0 saturated heterocycles. The Morgan fingerprint density at radius 2 is 2.24 bits per heavy atom. The first-order valence-corrected chi connectivity index (χ1v) is 6.68. The van der Waals surface area contributed by atoms with Crippen molar-refractivity contribution in [1.82, 2.24) is 14.6 Å². The predicted octanol–water partition coefficient (Wildman–Crippen LogP) is 3.34. The van der Waals surface area contributed by atoms with Crippen molar-refractivity contribution in [2.24, 2.45) is 5.92 Å². The van der Waals surface area contributed by atoms with E-state index >= 15 is 0 Å². The van der Waals surface area contributed by atoms with Gasteiger partial charge in [0.2, 0.25) is 5.95 Å². The molecule has 2 rings (SSSR count). The van der Waals surface area contributed by atoms with Gasteiger partial charge in [-0.2, -0.15) is 4.98 Å². The summed E-state index contributed by atoms with van der Waals surface area (Å²) in [5.41, 5.74) is 0.839. The fraction of sp³-hybridized carbons (Fsp3) is 0.500. The summed E-state index contributed by atoms with van der Waals surface area (Å²) in [5.74, 6) is 1.29. The van der Waals surface area contributed by atoms with Gasteiger partial charge in [0, 0.05) is 12.2 Å². The van der Waals surface area contributed by atoms with E-state index in [0.717, 1.165) is 16.5 Å². The summed E-state index contributed by atoms with van der Waals surface area (Å²) in [6.07, 6.45) is 3.04. The quantitative estimate of drug-likeness (QED) is 0.941. The molecule has 5 heteroatoms. The van der Waals surface area contributed by atoms with E-state index < -0.39 is 0 Å². The lowest BCUT2D eigenvalue weighted by Gasteiger charge is -2.18. The first kappa shape index (κ1) is 12.4. The average Bonchev–Trinajstić information content (AvgIpc) is 2.72. The molecule has 0 bridgehead atoms. The summed E-state index contributed by atoms with van der Waals surface area (Å²) in [5, 5.41) is 7.74. The molecule has 2 atom stereocenters. The maximum absolute atomic E-state index is 4.46. The fourth-order valence-electron chi connectivity index (χ4n) is 1.63. The molecule has 0 fully saturated rings. The lowest BCUT2D eigenvalue weighted by molar-refractivity contribution is 0.492. The van der Waals surface area contributed by atoms with Crippen molar-refractivity contribution in [3.8, 4) is 0 Å². The first-order valence-electron chi connectivity index (χ1n) is 5.89. The van der Waals surface area contributed by atoms with Gasteiger partial charge in [0.1, 0.15) is 0 Å². The number of rotatable bonds is 4. The molecule has 92 valence electrons. The third kappa shape index (κ3) is 2.60. The molecule has 0 spiro atoms. The smallest absolute Gasteiger partial charge is 0.243 e. The zero-order valence-corrected chi connectivity index (χ0v) is 11.9. The predicted molar refractivity (Wildman–Crippen MR) is 73.2 cm³/mol. The molecule has 0 aromatic carbocycles. The van der Waals surface area contributed by atoms with E-state index in [9.17, 15) is 0 Å². The number of nitrogens with one attached hydrogen (secondary N) is 1. The van der Waals surface area contributed by atoms with Crippen LogP contribution in [0.3, 0.4) is 0 Å². The van der Waals surface area contributed by atoms with Crippen molar-refractivity contribution in [3.05, 3.63) is 22.8 Å². The second kappa shape index (κ2) is 5.04. The number of nitrogens with zero attached hydrogens (tertiary/aromatic N) is 3. The highest BCUT2D eigenvalue weighted by atomic mass is 79.9. The summed E-state index contributed by atoms with van der Waals surface area (Å²) in [7, 11) is 0. The monoisotopic (exact) mass is 296 g/mol. The van der Waals surface area contributed by atoms with E-state index in [1.54, 1.807) is 4.52 Å². The minimum Gasteiger partial charge on any atom is -0.350 e. The molecule has 0 radical (unpaired) electrons. The van der Waals surface area contributed by atoms with Crippen LogP contribution in [0.4, 0.5) is 5.95 Å². The largest absolute Gasteiger partial charge is 0.350 e. The van der Waals surface area contributed by atoms with Gasteiger partial charge in [0.05, 0.1) is 4.47 Å². The maximum Gasteiger partial charge on any atom is 0.243 e. The summed E-state index contributed by atoms with van der Waals surface area (Å²) in [4.78, 5) is 4.46. The van der Waals surface area contributed by atoms with Gasteiger partial charge < -0.3 is 5.32 Å². The minimum atomic E-state index is 0.371. The summed E-state index contributed by atoms with van der Waals surface area (Å²) in [6.45, 7) is 6.58. The van der Waals surface area contributed by atoms with Crippen LogP contribution in [0.15, 0.2) is 22.8 Å². The summed E-state index contributed by atoms with van der Waals surface area (Å²) >= 11 is 3.47. The molecule has 0 amide bonds. The number of hydrogen-bond acceptors (Lipinski definition) is 3. The highest BCUT2D eigenvalue weighted by Gasteiger charge is 2.13. The number of aromatic nitrogens is 3. The van der Waals surface area contributed by atoms with Crippen LogP contribution in [0.1, 0.15) is 27.2 Å². The molecule has 2 aromatic rings. The van der Waals surface area contributed by atoms with Crippen LogP contribution in [-0.4, -0.2) is 20.6 Å². The van der Waals surface area contributed by atoms with Gasteiger partial charge in [0.25, 0.3) is 0 Å². The van der Waals surface area contributed by atoms with E-state index in [1.165, 1.54) is 0 Å². The van der Waals surface area contributed by atoms with Crippen LogP contribution in [0, 0.1) is 5.92 Å². The van der Waals surface area contributed by atoms with E-state index in [-0.39, 0.29) is 0 Å². The number of fused-ring (bicyclic) bond motifs is 1. The van der Waals surface area contributed by atoms with Gasteiger partial charge in [-0.15, -0.1) is 5.10 Å². The zero-order valence-electron chi connectivity index (χ0n) is 10.3. The highest BCUT2D eigenvalue weighted by Crippen LogP contribution is 2.18. The van der Waals surface area contributed by atoms with Crippen LogP contribution < -0.4 is 5.32 Å². The number of anilines is 1. The van der Waals surface area contributed by atoms with Crippen molar-refractivity contribution in [3.63, 3.8) is 0 Å². The van der Waals surface area contributed by atoms with Crippen molar-refractivity contribution in [1.29, 1.82) is 0 Å². The van der Waals surface area contributed by atoms with Crippen LogP contribution in [0.5, 0.6) is 0 Å². The fourth-order valence-corrected chi connectivity index (χ4v) is 2.06. The molecule has 4 nitrogen and oxygen atoms in total. The second-order valence-corrected chi connectivity index (χ2v) is 5.23. The first-order chi connectivity index (χ1) is 8.11. The molecule has 2 heterocycles. The highest BCUT2D eigenvalue weighted by molar-refractivity contribution is 9.10. The third-order valence-electron chi connectivity index (χ3n) is 3.17.